The molecule has 1 aromatic heterocycles. The van der Waals surface area contributed by atoms with Crippen molar-refractivity contribution in [3.8, 4) is 5.88 Å². The summed E-state index contributed by atoms with van der Waals surface area (Å²) >= 11 is 0. The number of nitrogen functional groups attached to an aromatic ring is 1. The Morgan fingerprint density at radius 1 is 0.950 bits per heavy atom. The molecule has 0 amide bonds. The van der Waals surface area contributed by atoms with E-state index >= 15 is 0 Å². The zero-order valence-electron chi connectivity index (χ0n) is 11.1. The van der Waals surface area contributed by atoms with E-state index in [-0.39, 0.29) is 0 Å². The summed E-state index contributed by atoms with van der Waals surface area (Å²) in [6, 6.07) is 17.5. The van der Waals surface area contributed by atoms with E-state index in [9.17, 15) is 0 Å². The molecule has 3 N–H and O–H groups in total. The lowest BCUT2D eigenvalue weighted by Crippen LogP contribution is -1.97. The number of anilines is 3. The molecular weight excluding hydrogens is 250 g/mol. The fraction of sp³-hybridized carbons (Fsp3) is 0.0625. The van der Waals surface area contributed by atoms with E-state index in [4.69, 9.17) is 10.5 Å². The largest absolute Gasteiger partial charge is 0.481 e. The molecule has 0 saturated carbocycles. The minimum atomic E-state index is 0.591. The first-order chi connectivity index (χ1) is 9.78. The Labute approximate surface area is 117 Å². The Morgan fingerprint density at radius 3 is 2.55 bits per heavy atom. The summed E-state index contributed by atoms with van der Waals surface area (Å²) in [5.74, 6) is 0.591. The number of aromatic nitrogens is 1. The minimum absolute atomic E-state index is 0.591. The number of hydrogen-bond acceptors (Lipinski definition) is 4. The summed E-state index contributed by atoms with van der Waals surface area (Å²) in [5, 5.41) is 4.37. The molecule has 100 valence electrons. The van der Waals surface area contributed by atoms with Crippen LogP contribution in [-0.4, -0.2) is 12.1 Å². The number of hydrogen-bond donors (Lipinski definition) is 2. The van der Waals surface area contributed by atoms with E-state index < -0.39 is 0 Å². The Bertz CT molecular complexity index is 756. The van der Waals surface area contributed by atoms with Crippen LogP contribution in [0.4, 0.5) is 17.1 Å². The van der Waals surface area contributed by atoms with Crippen molar-refractivity contribution < 1.29 is 4.74 Å². The monoisotopic (exact) mass is 265 g/mol. The zero-order chi connectivity index (χ0) is 13.9. The molecule has 1 heterocycles. The Balaban J connectivity index is 2.09. The van der Waals surface area contributed by atoms with E-state index in [0.717, 1.165) is 22.3 Å². The highest BCUT2D eigenvalue weighted by molar-refractivity contribution is 5.93. The number of fused-ring (bicyclic) bond motifs is 1. The van der Waals surface area contributed by atoms with Crippen LogP contribution in [0.3, 0.4) is 0 Å². The molecule has 0 aliphatic carbocycles. The van der Waals surface area contributed by atoms with E-state index in [1.165, 1.54) is 0 Å². The van der Waals surface area contributed by atoms with Gasteiger partial charge in [-0.05, 0) is 24.3 Å². The summed E-state index contributed by atoms with van der Waals surface area (Å²) < 4.78 is 5.19. The third kappa shape index (κ3) is 2.23. The summed E-state index contributed by atoms with van der Waals surface area (Å²) in [6.45, 7) is 0. The number of benzene rings is 2. The van der Waals surface area contributed by atoms with Gasteiger partial charge in [-0.15, -0.1) is 0 Å². The molecule has 0 unspecified atom stereocenters. The smallest absolute Gasteiger partial charge is 0.213 e. The van der Waals surface area contributed by atoms with Gasteiger partial charge in [0.25, 0.3) is 0 Å². The fourth-order valence-electron chi connectivity index (χ4n) is 2.10. The predicted octanol–water partition coefficient (Wildman–Crippen LogP) is 3.57. The highest BCUT2D eigenvalue weighted by atomic mass is 16.5. The van der Waals surface area contributed by atoms with Gasteiger partial charge in [-0.1, -0.05) is 24.3 Å². The van der Waals surface area contributed by atoms with Crippen molar-refractivity contribution in [3.05, 3.63) is 54.6 Å². The van der Waals surface area contributed by atoms with Gasteiger partial charge in [0.1, 0.15) is 0 Å². The van der Waals surface area contributed by atoms with Gasteiger partial charge in [0.15, 0.2) is 0 Å². The number of methoxy groups -OCH3 is 1. The van der Waals surface area contributed by atoms with Crippen molar-refractivity contribution in [2.75, 3.05) is 18.2 Å². The Hall–Kier alpha value is -2.75. The van der Waals surface area contributed by atoms with Gasteiger partial charge in [0.2, 0.25) is 5.88 Å². The van der Waals surface area contributed by atoms with Crippen molar-refractivity contribution in [2.45, 2.75) is 0 Å². The standard InChI is InChI=1S/C16H15N3O/c1-20-15-10-9-11-5-4-8-14(16(11)19-15)18-13-7-3-2-6-12(13)17/h2-10,18H,17H2,1H3. The van der Waals surface area contributed by atoms with Gasteiger partial charge in [-0.2, -0.15) is 0 Å². The Morgan fingerprint density at radius 2 is 1.75 bits per heavy atom. The van der Waals surface area contributed by atoms with Crippen LogP contribution in [0.1, 0.15) is 0 Å². The fourth-order valence-corrected chi connectivity index (χ4v) is 2.10. The lowest BCUT2D eigenvalue weighted by molar-refractivity contribution is 0.399. The van der Waals surface area contributed by atoms with E-state index in [1.807, 2.05) is 54.6 Å². The zero-order valence-corrected chi connectivity index (χ0v) is 11.1. The van der Waals surface area contributed by atoms with Crippen LogP contribution in [0.2, 0.25) is 0 Å². The highest BCUT2D eigenvalue weighted by Crippen LogP contribution is 2.28. The molecule has 0 saturated heterocycles. The molecule has 3 rings (SSSR count). The predicted molar refractivity (Wildman–Crippen MR) is 82.4 cm³/mol. The van der Waals surface area contributed by atoms with Crippen LogP contribution in [0, 0.1) is 0 Å². The molecular formula is C16H15N3O. The van der Waals surface area contributed by atoms with Crippen molar-refractivity contribution in [3.63, 3.8) is 0 Å². The van der Waals surface area contributed by atoms with Gasteiger partial charge in [0, 0.05) is 11.5 Å². The second-order valence-electron chi connectivity index (χ2n) is 4.44. The van der Waals surface area contributed by atoms with Gasteiger partial charge >= 0.3 is 0 Å². The van der Waals surface area contributed by atoms with Gasteiger partial charge in [0.05, 0.1) is 29.7 Å². The topological polar surface area (TPSA) is 60.2 Å². The highest BCUT2D eigenvalue weighted by Gasteiger charge is 2.06. The quantitative estimate of drug-likeness (QED) is 0.711. The summed E-state index contributed by atoms with van der Waals surface area (Å²) in [4.78, 5) is 4.49. The lowest BCUT2D eigenvalue weighted by atomic mass is 10.1. The van der Waals surface area contributed by atoms with Crippen molar-refractivity contribution in [1.82, 2.24) is 4.98 Å². The SMILES string of the molecule is COc1ccc2cccc(Nc3ccccc3N)c2n1. The van der Waals surface area contributed by atoms with Crippen molar-refractivity contribution in [1.29, 1.82) is 0 Å². The Kier molecular flexibility index (Phi) is 3.13. The van der Waals surface area contributed by atoms with Crippen molar-refractivity contribution >= 4 is 28.0 Å². The van der Waals surface area contributed by atoms with Crippen LogP contribution in [-0.2, 0) is 0 Å². The summed E-state index contributed by atoms with van der Waals surface area (Å²) in [5.41, 5.74) is 9.29. The minimum Gasteiger partial charge on any atom is -0.481 e. The number of nitrogens with two attached hydrogens (primary N) is 1. The second kappa shape index (κ2) is 5.09. The van der Waals surface area contributed by atoms with Gasteiger partial charge in [-0.25, -0.2) is 4.98 Å². The van der Waals surface area contributed by atoms with E-state index in [1.54, 1.807) is 7.11 Å². The van der Waals surface area contributed by atoms with Crippen molar-refractivity contribution in [2.24, 2.45) is 0 Å². The van der Waals surface area contributed by atoms with E-state index in [0.29, 0.717) is 11.6 Å². The number of pyridine rings is 1. The number of nitrogens with one attached hydrogen (secondary N) is 1. The summed E-state index contributed by atoms with van der Waals surface area (Å²) in [7, 11) is 1.61. The van der Waals surface area contributed by atoms with E-state index in [2.05, 4.69) is 10.3 Å². The molecule has 4 heteroatoms. The molecule has 0 radical (unpaired) electrons. The first-order valence-electron chi connectivity index (χ1n) is 6.33. The molecule has 4 nitrogen and oxygen atoms in total. The average Bonchev–Trinajstić information content (AvgIpc) is 2.49. The maximum absolute atomic E-state index is 5.96. The molecule has 2 aromatic carbocycles. The molecule has 0 aliphatic rings. The summed E-state index contributed by atoms with van der Waals surface area (Å²) in [6.07, 6.45) is 0. The van der Waals surface area contributed by atoms with Crippen LogP contribution < -0.4 is 15.8 Å². The number of ether oxygens (including phenoxy) is 1. The molecule has 0 bridgehead atoms. The number of nitrogens with zero attached hydrogens (tertiary/aromatic N) is 1. The third-order valence-electron chi connectivity index (χ3n) is 3.13. The van der Waals surface area contributed by atoms with Crippen LogP contribution >= 0.6 is 0 Å². The van der Waals surface area contributed by atoms with Gasteiger partial charge in [-0.3, -0.25) is 0 Å². The first kappa shape index (κ1) is 12.3. The average molecular weight is 265 g/mol. The molecule has 0 aliphatic heterocycles. The second-order valence-corrected chi connectivity index (χ2v) is 4.44. The number of rotatable bonds is 3. The first-order valence-corrected chi connectivity index (χ1v) is 6.33. The van der Waals surface area contributed by atoms with Gasteiger partial charge < -0.3 is 15.8 Å². The van der Waals surface area contributed by atoms with Crippen LogP contribution in [0.15, 0.2) is 54.6 Å². The molecule has 0 atom stereocenters. The normalized spacial score (nSPS) is 10.4. The third-order valence-corrected chi connectivity index (χ3v) is 3.13. The van der Waals surface area contributed by atoms with Crippen LogP contribution in [0.5, 0.6) is 5.88 Å². The van der Waals surface area contributed by atoms with Crippen LogP contribution in [0.25, 0.3) is 10.9 Å². The molecule has 0 fully saturated rings. The lowest BCUT2D eigenvalue weighted by Gasteiger charge is -2.11. The maximum Gasteiger partial charge on any atom is 0.213 e. The molecule has 20 heavy (non-hydrogen) atoms. The number of para-hydroxylation sites is 3. The molecule has 0 spiro atoms. The maximum atomic E-state index is 5.96. The molecule has 3 aromatic rings.